The maximum absolute atomic E-state index is 13.2. The third kappa shape index (κ3) is 3.95. The Morgan fingerprint density at radius 1 is 0.974 bits per heavy atom. The molecule has 2 aliphatic rings. The van der Waals surface area contributed by atoms with Crippen LogP contribution in [0.3, 0.4) is 0 Å². The highest BCUT2D eigenvalue weighted by Crippen LogP contribution is 2.36. The minimum Gasteiger partial charge on any atom is -0.497 e. The smallest absolute Gasteiger partial charge is 0.254 e. The van der Waals surface area contributed by atoms with Gasteiger partial charge in [-0.15, -0.1) is 0 Å². The first kappa shape index (κ1) is 23.1. The van der Waals surface area contributed by atoms with Crippen molar-refractivity contribution in [2.24, 2.45) is 0 Å². The number of rotatable bonds is 5. The van der Waals surface area contributed by atoms with Gasteiger partial charge in [0.25, 0.3) is 5.91 Å². The zero-order valence-corrected chi connectivity index (χ0v) is 21.7. The van der Waals surface area contributed by atoms with E-state index in [1.165, 1.54) is 0 Å². The van der Waals surface area contributed by atoms with Crippen LogP contribution >= 0.6 is 11.3 Å². The summed E-state index contributed by atoms with van der Waals surface area (Å²) in [6.45, 7) is 3.84. The Balaban J connectivity index is 1.16. The van der Waals surface area contributed by atoms with E-state index in [9.17, 15) is 4.79 Å². The standard InChI is InChI=1S/C29H26N4O4S/c1-35-21-8-9-22-26(16-21)38-29-30-27(19-5-3-2-4-6-19)23(33(22)29)17-31-11-13-32(14-12-31)28(34)20-7-10-24-25(15-20)37-18-36-24/h2-10,15-16H,11-14,17-18H2,1H3. The molecule has 4 heterocycles. The number of benzene rings is 3. The number of carbonyl (C=O) groups excluding carboxylic acids is 1. The van der Waals surface area contributed by atoms with E-state index in [1.54, 1.807) is 24.5 Å². The van der Waals surface area contributed by atoms with Gasteiger partial charge in [0.1, 0.15) is 5.75 Å². The molecular formula is C29H26N4O4S. The second kappa shape index (κ2) is 9.34. The number of nitrogens with zero attached hydrogens (tertiary/aromatic N) is 4. The van der Waals surface area contributed by atoms with Gasteiger partial charge in [-0.25, -0.2) is 4.98 Å². The Labute approximate surface area is 223 Å². The van der Waals surface area contributed by atoms with Gasteiger partial charge < -0.3 is 19.1 Å². The predicted molar refractivity (Wildman–Crippen MR) is 146 cm³/mol. The fourth-order valence-corrected chi connectivity index (χ4v) is 6.31. The molecule has 0 saturated carbocycles. The lowest BCUT2D eigenvalue weighted by Crippen LogP contribution is -2.48. The number of thiazole rings is 1. The molecule has 0 N–H and O–H groups in total. The number of carbonyl (C=O) groups is 1. The van der Waals surface area contributed by atoms with Crippen LogP contribution in [0.1, 0.15) is 16.1 Å². The summed E-state index contributed by atoms with van der Waals surface area (Å²) in [5.41, 5.74) is 5.04. The third-order valence-electron chi connectivity index (χ3n) is 7.25. The van der Waals surface area contributed by atoms with E-state index in [4.69, 9.17) is 19.2 Å². The monoisotopic (exact) mass is 526 g/mol. The van der Waals surface area contributed by atoms with Crippen LogP contribution in [0.25, 0.3) is 26.4 Å². The van der Waals surface area contributed by atoms with Crippen LogP contribution in [0, 0.1) is 0 Å². The molecule has 1 fully saturated rings. The summed E-state index contributed by atoms with van der Waals surface area (Å²) in [4.78, 5) is 23.6. The van der Waals surface area contributed by atoms with Crippen molar-refractivity contribution in [3.8, 4) is 28.5 Å². The van der Waals surface area contributed by atoms with E-state index >= 15 is 0 Å². The SMILES string of the molecule is COc1ccc2c(c1)sc1nc(-c3ccccc3)c(CN3CCN(C(=O)c4ccc5c(c4)OCO5)CC3)n12. The number of amides is 1. The molecule has 0 spiro atoms. The summed E-state index contributed by atoms with van der Waals surface area (Å²) in [6.07, 6.45) is 0. The second-order valence-corrected chi connectivity index (χ2v) is 10.5. The van der Waals surface area contributed by atoms with Crippen molar-refractivity contribution in [1.82, 2.24) is 19.2 Å². The fraction of sp³-hybridized carbons (Fsp3) is 0.241. The highest BCUT2D eigenvalue weighted by atomic mass is 32.1. The molecule has 3 aromatic carbocycles. The lowest BCUT2D eigenvalue weighted by atomic mass is 10.1. The van der Waals surface area contributed by atoms with Crippen LogP contribution in [-0.2, 0) is 6.54 Å². The van der Waals surface area contributed by atoms with Gasteiger partial charge in [0.2, 0.25) is 6.79 Å². The van der Waals surface area contributed by atoms with Gasteiger partial charge >= 0.3 is 0 Å². The molecule has 0 unspecified atom stereocenters. The third-order valence-corrected chi connectivity index (χ3v) is 8.25. The Morgan fingerprint density at radius 3 is 2.61 bits per heavy atom. The molecule has 7 rings (SSSR count). The normalized spacial score (nSPS) is 15.4. The maximum atomic E-state index is 13.2. The topological polar surface area (TPSA) is 68.5 Å². The Kier molecular flexibility index (Phi) is 5.67. The summed E-state index contributed by atoms with van der Waals surface area (Å²) in [6, 6.07) is 21.9. The van der Waals surface area contributed by atoms with E-state index in [2.05, 4.69) is 45.7 Å². The van der Waals surface area contributed by atoms with Crippen LogP contribution in [0.5, 0.6) is 17.2 Å². The van der Waals surface area contributed by atoms with E-state index < -0.39 is 0 Å². The van der Waals surface area contributed by atoms with Crippen LogP contribution in [-0.4, -0.2) is 65.2 Å². The molecule has 1 amide bonds. The summed E-state index contributed by atoms with van der Waals surface area (Å²) >= 11 is 1.67. The van der Waals surface area contributed by atoms with Crippen molar-refractivity contribution in [2.45, 2.75) is 6.54 Å². The minimum absolute atomic E-state index is 0.0254. The predicted octanol–water partition coefficient (Wildman–Crippen LogP) is 4.91. The van der Waals surface area contributed by atoms with E-state index in [0.717, 1.165) is 57.5 Å². The Morgan fingerprint density at radius 2 is 1.79 bits per heavy atom. The molecule has 1 saturated heterocycles. The maximum Gasteiger partial charge on any atom is 0.254 e. The van der Waals surface area contributed by atoms with Crippen molar-refractivity contribution < 1.29 is 19.0 Å². The second-order valence-electron chi connectivity index (χ2n) is 9.46. The van der Waals surface area contributed by atoms with Crippen LogP contribution < -0.4 is 14.2 Å². The average Bonchev–Trinajstić information content (AvgIpc) is 3.67. The van der Waals surface area contributed by atoms with Crippen molar-refractivity contribution in [3.05, 3.63) is 78.0 Å². The molecule has 0 bridgehead atoms. The molecule has 0 radical (unpaired) electrons. The molecule has 2 aliphatic heterocycles. The zero-order valence-electron chi connectivity index (χ0n) is 20.9. The van der Waals surface area contributed by atoms with Gasteiger partial charge in [0.15, 0.2) is 16.5 Å². The highest BCUT2D eigenvalue weighted by Gasteiger charge is 2.26. The Bertz CT molecular complexity index is 1650. The number of ether oxygens (including phenoxy) is 3. The zero-order chi connectivity index (χ0) is 25.6. The summed E-state index contributed by atoms with van der Waals surface area (Å²) < 4.78 is 19.7. The number of methoxy groups -OCH3 is 1. The van der Waals surface area contributed by atoms with E-state index in [1.807, 2.05) is 29.2 Å². The number of hydrogen-bond donors (Lipinski definition) is 0. The van der Waals surface area contributed by atoms with Gasteiger partial charge in [-0.05, 0) is 36.4 Å². The molecule has 5 aromatic rings. The molecule has 8 nitrogen and oxygen atoms in total. The first-order valence-electron chi connectivity index (χ1n) is 12.6. The van der Waals surface area contributed by atoms with Gasteiger partial charge in [-0.2, -0.15) is 0 Å². The van der Waals surface area contributed by atoms with Crippen LogP contribution in [0.4, 0.5) is 0 Å². The quantitative estimate of drug-likeness (QED) is 0.324. The van der Waals surface area contributed by atoms with Crippen molar-refractivity contribution in [1.29, 1.82) is 0 Å². The number of aromatic nitrogens is 2. The van der Waals surface area contributed by atoms with Gasteiger partial charge in [-0.3, -0.25) is 14.1 Å². The van der Waals surface area contributed by atoms with E-state index in [0.29, 0.717) is 30.2 Å². The van der Waals surface area contributed by atoms with E-state index in [-0.39, 0.29) is 12.7 Å². The summed E-state index contributed by atoms with van der Waals surface area (Å²) in [7, 11) is 1.69. The van der Waals surface area contributed by atoms with Crippen molar-refractivity contribution in [3.63, 3.8) is 0 Å². The molecular weight excluding hydrogens is 500 g/mol. The molecule has 0 atom stereocenters. The van der Waals surface area contributed by atoms with Crippen LogP contribution in [0.15, 0.2) is 66.7 Å². The van der Waals surface area contributed by atoms with Crippen LogP contribution in [0.2, 0.25) is 0 Å². The molecule has 0 aliphatic carbocycles. The first-order valence-corrected chi connectivity index (χ1v) is 13.4. The van der Waals surface area contributed by atoms with Crippen molar-refractivity contribution in [2.75, 3.05) is 40.1 Å². The molecule has 9 heteroatoms. The lowest BCUT2D eigenvalue weighted by molar-refractivity contribution is 0.0626. The highest BCUT2D eigenvalue weighted by molar-refractivity contribution is 7.23. The first-order chi connectivity index (χ1) is 18.7. The summed E-state index contributed by atoms with van der Waals surface area (Å²) in [5, 5.41) is 0. The Hall–Kier alpha value is -4.08. The van der Waals surface area contributed by atoms with Gasteiger partial charge in [0, 0.05) is 43.9 Å². The summed E-state index contributed by atoms with van der Waals surface area (Å²) in [5.74, 6) is 2.19. The largest absolute Gasteiger partial charge is 0.497 e. The molecule has 38 heavy (non-hydrogen) atoms. The molecule has 192 valence electrons. The number of piperazine rings is 1. The number of hydrogen-bond acceptors (Lipinski definition) is 7. The number of imidazole rings is 1. The van der Waals surface area contributed by atoms with Gasteiger partial charge in [0.05, 0.1) is 28.7 Å². The lowest BCUT2D eigenvalue weighted by Gasteiger charge is -2.34. The van der Waals surface area contributed by atoms with Crippen molar-refractivity contribution >= 4 is 32.4 Å². The average molecular weight is 527 g/mol. The molecule has 2 aromatic heterocycles. The minimum atomic E-state index is 0.0254. The van der Waals surface area contributed by atoms with Gasteiger partial charge in [-0.1, -0.05) is 41.7 Å². The number of fused-ring (bicyclic) bond motifs is 4. The fourth-order valence-electron chi connectivity index (χ4n) is 5.24.